The Morgan fingerprint density at radius 2 is 2.18 bits per heavy atom. The summed E-state index contributed by atoms with van der Waals surface area (Å²) in [5.41, 5.74) is 0. The zero-order valence-corrected chi connectivity index (χ0v) is 7.02. The van der Waals surface area contributed by atoms with E-state index < -0.39 is 10.0 Å². The summed E-state index contributed by atoms with van der Waals surface area (Å²) in [7, 11) is -3.52. The van der Waals surface area contributed by atoms with Gasteiger partial charge in [0.05, 0.1) is 0 Å². The first-order valence-corrected chi connectivity index (χ1v) is 4.81. The Bertz CT molecular complexity index is 342. The molecule has 1 heterocycles. The maximum Gasteiger partial charge on any atom is 0.216 e. The van der Waals surface area contributed by atoms with Crippen LogP contribution >= 0.6 is 11.6 Å². The molecule has 0 spiro atoms. The lowest BCUT2D eigenvalue weighted by Gasteiger charge is -1.91. The van der Waals surface area contributed by atoms with Crippen LogP contribution in [0.2, 0.25) is 5.22 Å². The van der Waals surface area contributed by atoms with Gasteiger partial charge in [0.25, 0.3) is 0 Å². The molecule has 62 valence electrons. The van der Waals surface area contributed by atoms with Crippen molar-refractivity contribution in [3.63, 3.8) is 0 Å². The van der Waals surface area contributed by atoms with Gasteiger partial charge in [0.1, 0.15) is 11.5 Å². The summed E-state index contributed by atoms with van der Waals surface area (Å²) >= 11 is 5.39. The van der Waals surface area contributed by atoms with Crippen molar-refractivity contribution in [2.45, 2.75) is 5.75 Å². The Hall–Kier alpha value is -0.520. The molecule has 0 atom stereocenters. The van der Waals surface area contributed by atoms with E-state index in [1.54, 1.807) is 0 Å². The Morgan fingerprint density at radius 3 is 2.55 bits per heavy atom. The average molecular weight is 196 g/mol. The van der Waals surface area contributed by atoms with Gasteiger partial charge in [-0.15, -0.1) is 0 Å². The van der Waals surface area contributed by atoms with Crippen LogP contribution in [0.3, 0.4) is 0 Å². The van der Waals surface area contributed by atoms with Crippen molar-refractivity contribution < 1.29 is 12.8 Å². The molecule has 0 aliphatic carbocycles. The number of nitrogens with two attached hydrogens (primary N) is 1. The minimum atomic E-state index is -3.52. The molecule has 0 fully saturated rings. The maximum atomic E-state index is 10.5. The summed E-state index contributed by atoms with van der Waals surface area (Å²) in [4.78, 5) is 0. The van der Waals surface area contributed by atoms with Gasteiger partial charge in [0, 0.05) is 0 Å². The van der Waals surface area contributed by atoms with Crippen LogP contribution in [0.4, 0.5) is 0 Å². The molecule has 1 rings (SSSR count). The van der Waals surface area contributed by atoms with Crippen LogP contribution in [0.1, 0.15) is 5.76 Å². The van der Waals surface area contributed by atoms with Gasteiger partial charge in [-0.25, -0.2) is 13.6 Å². The monoisotopic (exact) mass is 195 g/mol. The summed E-state index contributed by atoms with van der Waals surface area (Å²) < 4.78 is 25.7. The van der Waals surface area contributed by atoms with Gasteiger partial charge in [-0.05, 0) is 23.7 Å². The number of rotatable bonds is 2. The zero-order chi connectivity index (χ0) is 8.48. The topological polar surface area (TPSA) is 73.3 Å². The van der Waals surface area contributed by atoms with Crippen molar-refractivity contribution in [2.24, 2.45) is 5.14 Å². The van der Waals surface area contributed by atoms with Gasteiger partial charge >= 0.3 is 0 Å². The largest absolute Gasteiger partial charge is 0.449 e. The first-order valence-electron chi connectivity index (χ1n) is 2.72. The molecule has 0 aliphatic rings. The third-order valence-corrected chi connectivity index (χ3v) is 1.86. The van der Waals surface area contributed by atoms with Crippen molar-refractivity contribution in [1.29, 1.82) is 0 Å². The van der Waals surface area contributed by atoms with E-state index in [1.807, 2.05) is 0 Å². The van der Waals surface area contributed by atoms with E-state index in [4.69, 9.17) is 21.2 Å². The van der Waals surface area contributed by atoms with Crippen molar-refractivity contribution >= 4 is 21.6 Å². The van der Waals surface area contributed by atoms with E-state index in [2.05, 4.69) is 0 Å². The Morgan fingerprint density at radius 1 is 1.55 bits per heavy atom. The highest BCUT2D eigenvalue weighted by Crippen LogP contribution is 2.14. The molecule has 0 saturated heterocycles. The Labute approximate surface area is 69.0 Å². The van der Waals surface area contributed by atoms with Gasteiger partial charge in [0.15, 0.2) is 5.22 Å². The van der Waals surface area contributed by atoms with Crippen molar-refractivity contribution in [2.75, 3.05) is 0 Å². The van der Waals surface area contributed by atoms with E-state index in [9.17, 15) is 8.42 Å². The zero-order valence-electron chi connectivity index (χ0n) is 5.45. The van der Waals surface area contributed by atoms with Gasteiger partial charge in [0.2, 0.25) is 10.0 Å². The fourth-order valence-corrected chi connectivity index (χ4v) is 1.34. The lowest BCUT2D eigenvalue weighted by molar-refractivity contribution is 0.523. The van der Waals surface area contributed by atoms with Gasteiger partial charge in [-0.2, -0.15) is 0 Å². The van der Waals surface area contributed by atoms with E-state index in [0.29, 0.717) is 0 Å². The number of hydrogen-bond donors (Lipinski definition) is 1. The van der Waals surface area contributed by atoms with Gasteiger partial charge < -0.3 is 4.42 Å². The minimum absolute atomic E-state index is 0.156. The lowest BCUT2D eigenvalue weighted by atomic mass is 10.5. The standard InChI is InChI=1S/C5H6ClNO3S/c6-5-2-1-4(10-5)3-11(7,8)9/h1-2H,3H2,(H2,7,8,9). The fourth-order valence-electron chi connectivity index (χ4n) is 0.628. The number of sulfonamides is 1. The Balaban J connectivity index is 2.81. The first-order chi connectivity index (χ1) is 4.97. The molecular weight excluding hydrogens is 190 g/mol. The van der Waals surface area contributed by atoms with Gasteiger partial charge in [-0.1, -0.05) is 0 Å². The predicted octanol–water partition coefficient (Wildman–Crippen LogP) is 0.722. The highest BCUT2D eigenvalue weighted by Gasteiger charge is 2.07. The summed E-state index contributed by atoms with van der Waals surface area (Å²) in [6.07, 6.45) is 0. The smallest absolute Gasteiger partial charge is 0.216 e. The molecule has 2 N–H and O–H groups in total. The second-order valence-electron chi connectivity index (χ2n) is 2.01. The van der Waals surface area contributed by atoms with Crippen molar-refractivity contribution in [1.82, 2.24) is 0 Å². The molecular formula is C5H6ClNO3S. The summed E-state index contributed by atoms with van der Waals surface area (Å²) in [5, 5.41) is 4.90. The third kappa shape index (κ3) is 2.92. The molecule has 0 bridgehead atoms. The molecule has 0 amide bonds. The quantitative estimate of drug-likeness (QED) is 0.756. The normalized spacial score (nSPS) is 11.8. The van der Waals surface area contributed by atoms with E-state index in [0.717, 1.165) is 0 Å². The summed E-state index contributed by atoms with van der Waals surface area (Å²) in [6.45, 7) is 0. The van der Waals surface area contributed by atoms with Crippen molar-refractivity contribution in [3.05, 3.63) is 23.1 Å². The van der Waals surface area contributed by atoms with E-state index in [1.165, 1.54) is 12.1 Å². The number of furan rings is 1. The summed E-state index contributed by atoms with van der Waals surface area (Å²) in [5.74, 6) is -0.0720. The highest BCUT2D eigenvalue weighted by molar-refractivity contribution is 7.88. The fraction of sp³-hybridized carbons (Fsp3) is 0.200. The van der Waals surface area contributed by atoms with Crippen LogP contribution < -0.4 is 5.14 Å². The van der Waals surface area contributed by atoms with Crippen molar-refractivity contribution in [3.8, 4) is 0 Å². The minimum Gasteiger partial charge on any atom is -0.449 e. The summed E-state index contributed by atoms with van der Waals surface area (Å²) in [6, 6.07) is 2.93. The number of primary sulfonamides is 1. The average Bonchev–Trinajstić information content (AvgIpc) is 2.10. The van der Waals surface area contributed by atoms with Gasteiger partial charge in [-0.3, -0.25) is 0 Å². The molecule has 1 aromatic heterocycles. The number of hydrogen-bond acceptors (Lipinski definition) is 3. The van der Waals surface area contributed by atoms with Crippen LogP contribution in [0.25, 0.3) is 0 Å². The highest BCUT2D eigenvalue weighted by atomic mass is 35.5. The Kier molecular flexibility index (Phi) is 2.22. The first kappa shape index (κ1) is 8.58. The molecule has 4 nitrogen and oxygen atoms in total. The van der Waals surface area contributed by atoms with E-state index in [-0.39, 0.29) is 16.7 Å². The molecule has 1 aromatic rings. The van der Waals surface area contributed by atoms with Crippen LogP contribution in [0.15, 0.2) is 16.5 Å². The third-order valence-electron chi connectivity index (χ3n) is 0.972. The maximum absolute atomic E-state index is 10.5. The molecule has 0 aromatic carbocycles. The molecule has 0 saturated carbocycles. The number of halogens is 1. The second kappa shape index (κ2) is 2.84. The van der Waals surface area contributed by atoms with Crippen LogP contribution in [-0.4, -0.2) is 8.42 Å². The molecule has 0 aliphatic heterocycles. The molecule has 6 heteroatoms. The molecule has 0 radical (unpaired) electrons. The van der Waals surface area contributed by atoms with E-state index >= 15 is 0 Å². The molecule has 11 heavy (non-hydrogen) atoms. The molecule has 0 unspecified atom stereocenters. The van der Waals surface area contributed by atoms with Crippen LogP contribution in [0.5, 0.6) is 0 Å². The second-order valence-corrected chi connectivity index (χ2v) is 4.00. The SMILES string of the molecule is NS(=O)(=O)Cc1ccc(Cl)o1. The predicted molar refractivity (Wildman–Crippen MR) is 40.5 cm³/mol. The van der Waals surface area contributed by atoms with Crippen LogP contribution in [0, 0.1) is 0 Å². The lowest BCUT2D eigenvalue weighted by Crippen LogP contribution is -2.13. The van der Waals surface area contributed by atoms with Crippen LogP contribution in [-0.2, 0) is 15.8 Å².